The maximum atomic E-state index is 13.5. The van der Waals surface area contributed by atoms with Crippen molar-refractivity contribution in [2.24, 2.45) is 0 Å². The highest BCUT2D eigenvalue weighted by Crippen LogP contribution is 2.35. The molecule has 2 atom stereocenters. The Bertz CT molecular complexity index is 942. The molecule has 1 aromatic heterocycles. The van der Waals surface area contributed by atoms with Gasteiger partial charge in [0.25, 0.3) is 0 Å². The minimum absolute atomic E-state index is 0.0933. The van der Waals surface area contributed by atoms with Crippen LogP contribution in [0.5, 0.6) is 5.75 Å². The molecule has 2 heterocycles. The Hall–Kier alpha value is -2.19. The third-order valence-corrected chi connectivity index (χ3v) is 7.20. The first-order valence-electron chi connectivity index (χ1n) is 11.7. The average molecular weight is 471 g/mol. The third-order valence-electron chi connectivity index (χ3n) is 6.21. The Morgan fingerprint density at radius 3 is 3.00 bits per heavy atom. The number of carbonyl (C=O) groups excluding carboxylic acids is 1. The molecule has 1 aliphatic carbocycles. The van der Waals surface area contributed by atoms with Crippen LogP contribution < -0.4 is 4.74 Å². The second-order valence-corrected chi connectivity index (χ2v) is 9.92. The molecule has 0 radical (unpaired) electrons. The van der Waals surface area contributed by atoms with Crippen LogP contribution in [0.3, 0.4) is 0 Å². The van der Waals surface area contributed by atoms with Gasteiger partial charge in [0, 0.05) is 24.0 Å². The molecule has 0 unspecified atom stereocenters. The largest absolute Gasteiger partial charge is 0.491 e. The number of fused-ring (bicyclic) bond motifs is 1. The molecule has 1 fully saturated rings. The zero-order valence-corrected chi connectivity index (χ0v) is 20.1. The number of hydrogen-bond acceptors (Lipinski definition) is 6. The highest BCUT2D eigenvalue weighted by molar-refractivity contribution is 7.10. The molecule has 4 rings (SSSR count). The summed E-state index contributed by atoms with van der Waals surface area (Å²) < 4.78 is 11.5. The minimum atomic E-state index is -0.622. The van der Waals surface area contributed by atoms with E-state index in [1.54, 1.807) is 17.4 Å². The van der Waals surface area contributed by atoms with Gasteiger partial charge in [0.2, 0.25) is 5.91 Å². The number of aliphatic hydroxyl groups excluding tert-OH is 1. The number of hydrogen-bond donors (Lipinski definition) is 1. The second-order valence-electron chi connectivity index (χ2n) is 8.92. The number of ether oxygens (including phenoxy) is 2. The van der Waals surface area contributed by atoms with Crippen molar-refractivity contribution in [3.63, 3.8) is 0 Å². The molecule has 6 nitrogen and oxygen atoms in total. The summed E-state index contributed by atoms with van der Waals surface area (Å²) in [4.78, 5) is 18.9. The molecule has 1 N–H and O–H groups in total. The van der Waals surface area contributed by atoms with E-state index in [9.17, 15) is 9.90 Å². The predicted octanol–water partition coefficient (Wildman–Crippen LogP) is 3.59. The van der Waals surface area contributed by atoms with Gasteiger partial charge in [-0.3, -0.25) is 9.69 Å². The van der Waals surface area contributed by atoms with Crippen LogP contribution in [0.25, 0.3) is 0 Å². The molecule has 1 aromatic carbocycles. The quantitative estimate of drug-likeness (QED) is 0.379. The van der Waals surface area contributed by atoms with Crippen molar-refractivity contribution in [3.05, 3.63) is 64.4 Å². The zero-order chi connectivity index (χ0) is 23.2. The topological polar surface area (TPSA) is 62.2 Å². The molecule has 1 amide bonds. The van der Waals surface area contributed by atoms with E-state index < -0.39 is 6.10 Å². The number of amides is 1. The first-order valence-corrected chi connectivity index (χ1v) is 12.6. The lowest BCUT2D eigenvalue weighted by Gasteiger charge is -2.37. The Morgan fingerprint density at radius 1 is 1.39 bits per heavy atom. The van der Waals surface area contributed by atoms with Crippen LogP contribution in [0.2, 0.25) is 0 Å². The fourth-order valence-corrected chi connectivity index (χ4v) is 5.34. The van der Waals surface area contributed by atoms with E-state index >= 15 is 0 Å². The van der Waals surface area contributed by atoms with E-state index in [2.05, 4.69) is 22.9 Å². The van der Waals surface area contributed by atoms with Crippen molar-refractivity contribution in [3.8, 4) is 5.75 Å². The fraction of sp³-hybridized carbons (Fsp3) is 0.500. The van der Waals surface area contributed by atoms with Gasteiger partial charge in [0.05, 0.1) is 31.9 Å². The minimum Gasteiger partial charge on any atom is -0.491 e. The SMILES string of the molecule is C=CCOC[C@H](O)CN(CC(=O)N1CCc2sccc2[C@@H]1COc1cccc(C)c1)C1CC1. The van der Waals surface area contributed by atoms with Gasteiger partial charge in [-0.05, 0) is 60.9 Å². The summed E-state index contributed by atoms with van der Waals surface area (Å²) in [6.45, 7) is 8.21. The molecule has 2 aromatic rings. The molecule has 33 heavy (non-hydrogen) atoms. The molecule has 1 aliphatic heterocycles. The molecular weight excluding hydrogens is 436 g/mol. The van der Waals surface area contributed by atoms with E-state index in [4.69, 9.17) is 9.47 Å². The molecule has 2 aliphatic rings. The average Bonchev–Trinajstić information content (AvgIpc) is 3.54. The molecular formula is C26H34N2O4S. The maximum absolute atomic E-state index is 13.5. The van der Waals surface area contributed by atoms with E-state index in [1.165, 1.54) is 10.4 Å². The van der Waals surface area contributed by atoms with E-state index in [-0.39, 0.29) is 18.6 Å². The van der Waals surface area contributed by atoms with E-state index in [0.29, 0.717) is 38.9 Å². The first-order chi connectivity index (χ1) is 16.0. The lowest BCUT2D eigenvalue weighted by Crippen LogP contribution is -2.48. The summed E-state index contributed by atoms with van der Waals surface area (Å²) >= 11 is 1.76. The van der Waals surface area contributed by atoms with Crippen LogP contribution in [-0.4, -0.2) is 72.4 Å². The Balaban J connectivity index is 1.42. The van der Waals surface area contributed by atoms with E-state index in [0.717, 1.165) is 30.6 Å². The number of thiophene rings is 1. The predicted molar refractivity (Wildman–Crippen MR) is 131 cm³/mol. The van der Waals surface area contributed by atoms with Crippen LogP contribution in [0.4, 0.5) is 0 Å². The molecule has 0 spiro atoms. The van der Waals surface area contributed by atoms with Crippen LogP contribution in [0, 0.1) is 6.92 Å². The number of carbonyl (C=O) groups is 1. The van der Waals surface area contributed by atoms with Crippen LogP contribution in [0.15, 0.2) is 48.4 Å². The van der Waals surface area contributed by atoms with Gasteiger partial charge in [-0.15, -0.1) is 17.9 Å². The summed E-state index contributed by atoms with van der Waals surface area (Å²) in [5, 5.41) is 12.5. The second kappa shape index (κ2) is 11.3. The molecule has 1 saturated carbocycles. The smallest absolute Gasteiger partial charge is 0.237 e. The highest BCUT2D eigenvalue weighted by atomic mass is 32.1. The maximum Gasteiger partial charge on any atom is 0.237 e. The Kier molecular flexibility index (Phi) is 8.20. The van der Waals surface area contributed by atoms with Gasteiger partial charge in [-0.2, -0.15) is 0 Å². The van der Waals surface area contributed by atoms with Crippen molar-refractivity contribution >= 4 is 17.2 Å². The summed E-state index contributed by atoms with van der Waals surface area (Å²) in [7, 11) is 0. The van der Waals surface area contributed by atoms with Crippen molar-refractivity contribution in [2.75, 3.05) is 39.5 Å². The summed E-state index contributed by atoms with van der Waals surface area (Å²) in [6.07, 6.45) is 4.07. The van der Waals surface area contributed by atoms with Crippen LogP contribution in [0.1, 0.15) is 34.9 Å². The van der Waals surface area contributed by atoms with Gasteiger partial charge in [-0.25, -0.2) is 0 Å². The molecule has 7 heteroatoms. The monoisotopic (exact) mass is 470 g/mol. The number of aryl methyl sites for hydroxylation is 1. The third kappa shape index (κ3) is 6.44. The summed E-state index contributed by atoms with van der Waals surface area (Å²) in [5.41, 5.74) is 2.35. The summed E-state index contributed by atoms with van der Waals surface area (Å²) in [6, 6.07) is 10.4. The lowest BCUT2D eigenvalue weighted by molar-refractivity contribution is -0.136. The standard InChI is InChI=1S/C26H34N2O4S/c1-3-12-31-17-21(29)15-27(20-7-8-20)16-26(30)28-11-9-25-23(10-13-33-25)24(28)18-32-22-6-4-5-19(2)14-22/h3-6,10,13-14,20-21,24,29H,1,7-9,11-12,15-18H2,2H3/t21-,24+/m1/s1. The first kappa shape index (κ1) is 24.0. The van der Waals surface area contributed by atoms with Crippen LogP contribution >= 0.6 is 11.3 Å². The number of benzene rings is 1. The molecule has 0 bridgehead atoms. The van der Waals surface area contributed by atoms with E-state index in [1.807, 2.05) is 36.1 Å². The van der Waals surface area contributed by atoms with Gasteiger partial charge >= 0.3 is 0 Å². The van der Waals surface area contributed by atoms with Crippen molar-refractivity contribution in [2.45, 2.75) is 44.4 Å². The van der Waals surface area contributed by atoms with Crippen molar-refractivity contribution in [1.82, 2.24) is 9.80 Å². The van der Waals surface area contributed by atoms with Gasteiger partial charge in [-0.1, -0.05) is 18.2 Å². The molecule has 178 valence electrons. The normalized spacial score (nSPS) is 18.8. The van der Waals surface area contributed by atoms with Crippen molar-refractivity contribution < 1.29 is 19.4 Å². The fourth-order valence-electron chi connectivity index (χ4n) is 4.41. The lowest BCUT2D eigenvalue weighted by atomic mass is 10.0. The summed E-state index contributed by atoms with van der Waals surface area (Å²) in [5.74, 6) is 0.919. The Labute approximate surface area is 200 Å². The highest BCUT2D eigenvalue weighted by Gasteiger charge is 2.36. The molecule has 0 saturated heterocycles. The number of aliphatic hydroxyl groups is 1. The number of nitrogens with zero attached hydrogens (tertiary/aromatic N) is 2. The van der Waals surface area contributed by atoms with Gasteiger partial charge in [0.15, 0.2) is 0 Å². The zero-order valence-electron chi connectivity index (χ0n) is 19.3. The van der Waals surface area contributed by atoms with Crippen LogP contribution in [-0.2, 0) is 16.0 Å². The van der Waals surface area contributed by atoms with Gasteiger partial charge < -0.3 is 19.5 Å². The van der Waals surface area contributed by atoms with Gasteiger partial charge in [0.1, 0.15) is 12.4 Å². The number of rotatable bonds is 12. The van der Waals surface area contributed by atoms with Crippen molar-refractivity contribution in [1.29, 1.82) is 0 Å². The Morgan fingerprint density at radius 2 is 2.24 bits per heavy atom.